The van der Waals surface area contributed by atoms with Crippen LogP contribution in [0.25, 0.3) is 11.5 Å². The molecular formula is C34H35N7O3. The number of piperidine rings is 3. The van der Waals surface area contributed by atoms with Gasteiger partial charge in [0.25, 0.3) is 11.8 Å². The van der Waals surface area contributed by atoms with Gasteiger partial charge in [-0.2, -0.15) is 4.98 Å². The molecule has 3 saturated heterocycles. The number of hydrogen-bond acceptors (Lipinski definition) is 9. The second-order valence-electron chi connectivity index (χ2n) is 12.3. The number of pyridine rings is 1. The van der Waals surface area contributed by atoms with Crippen molar-refractivity contribution in [3.05, 3.63) is 95.5 Å². The lowest BCUT2D eigenvalue weighted by Gasteiger charge is -2.46. The number of nitrogens with zero attached hydrogens (tertiary/aromatic N) is 5. The van der Waals surface area contributed by atoms with E-state index in [2.05, 4.69) is 38.9 Å². The summed E-state index contributed by atoms with van der Waals surface area (Å²) in [7, 11) is 0. The van der Waals surface area contributed by atoms with Crippen LogP contribution in [0.4, 0.5) is 17.2 Å². The molecular weight excluding hydrogens is 554 g/mol. The van der Waals surface area contributed by atoms with Gasteiger partial charge >= 0.3 is 0 Å². The van der Waals surface area contributed by atoms with Crippen molar-refractivity contribution in [1.82, 2.24) is 24.9 Å². The van der Waals surface area contributed by atoms with Crippen LogP contribution in [0.3, 0.4) is 0 Å². The van der Waals surface area contributed by atoms with E-state index < -0.39 is 0 Å². The Balaban J connectivity index is 1.13. The molecule has 2 aromatic heterocycles. The Hall–Kier alpha value is -4.54. The zero-order valence-electron chi connectivity index (χ0n) is 24.4. The van der Waals surface area contributed by atoms with E-state index in [1.807, 2.05) is 53.4 Å². The van der Waals surface area contributed by atoms with Crippen molar-refractivity contribution >= 4 is 23.1 Å². The number of benzene rings is 2. The van der Waals surface area contributed by atoms with Gasteiger partial charge in [-0.1, -0.05) is 47.6 Å². The normalized spacial score (nSPS) is 24.2. The third kappa shape index (κ3) is 4.65. The predicted octanol–water partition coefficient (Wildman–Crippen LogP) is 5.21. The van der Waals surface area contributed by atoms with Crippen LogP contribution >= 0.6 is 0 Å². The number of anilines is 3. The fraction of sp³-hybridized carbons (Fsp3) is 0.353. The Morgan fingerprint density at radius 2 is 1.84 bits per heavy atom. The van der Waals surface area contributed by atoms with E-state index in [4.69, 9.17) is 14.5 Å². The predicted molar refractivity (Wildman–Crippen MR) is 167 cm³/mol. The fourth-order valence-corrected chi connectivity index (χ4v) is 7.23. The number of amides is 1. The molecule has 5 aliphatic heterocycles. The van der Waals surface area contributed by atoms with E-state index in [1.165, 1.54) is 0 Å². The van der Waals surface area contributed by atoms with Gasteiger partial charge in [-0.05, 0) is 74.6 Å². The molecule has 9 rings (SSSR count). The first-order valence-corrected chi connectivity index (χ1v) is 15.5. The lowest BCUT2D eigenvalue weighted by molar-refractivity contribution is 0.0741. The largest absolute Gasteiger partial charge is 0.394 e. The molecule has 44 heavy (non-hydrogen) atoms. The quantitative estimate of drug-likeness (QED) is 0.238. The molecule has 5 aliphatic rings. The third-order valence-electron chi connectivity index (χ3n) is 9.85. The maximum Gasteiger partial charge on any atom is 0.261 e. The van der Waals surface area contributed by atoms with Gasteiger partial charge < -0.3 is 30.1 Å². The van der Waals surface area contributed by atoms with Crippen LogP contribution < -0.4 is 10.6 Å². The number of hydrogen-bond donors (Lipinski definition) is 3. The first kappa shape index (κ1) is 27.0. The van der Waals surface area contributed by atoms with Crippen molar-refractivity contribution in [2.45, 2.75) is 43.2 Å². The molecule has 0 saturated carbocycles. The first-order valence-electron chi connectivity index (χ1n) is 15.5. The van der Waals surface area contributed by atoms with Crippen molar-refractivity contribution in [2.75, 3.05) is 43.4 Å². The highest BCUT2D eigenvalue weighted by molar-refractivity contribution is 6.00. The molecule has 7 heterocycles. The van der Waals surface area contributed by atoms with E-state index in [9.17, 15) is 9.90 Å². The number of aliphatic hydroxyl groups excluding tert-OH is 1. The van der Waals surface area contributed by atoms with Gasteiger partial charge in [0.15, 0.2) is 5.82 Å². The molecule has 10 nitrogen and oxygen atoms in total. The second kappa shape index (κ2) is 10.9. The number of nitrogens with one attached hydrogen (secondary N) is 2. The minimum Gasteiger partial charge on any atom is -0.394 e. The maximum atomic E-state index is 12.9. The highest BCUT2D eigenvalue weighted by Crippen LogP contribution is 2.43. The topological polar surface area (TPSA) is 120 Å². The Kier molecular flexibility index (Phi) is 6.68. The van der Waals surface area contributed by atoms with Crippen LogP contribution in [0, 0.1) is 0 Å². The molecule has 2 aromatic carbocycles. The van der Waals surface area contributed by atoms with Crippen molar-refractivity contribution in [2.24, 2.45) is 0 Å². The monoisotopic (exact) mass is 589 g/mol. The Morgan fingerprint density at radius 1 is 1.02 bits per heavy atom. The van der Waals surface area contributed by atoms with Crippen molar-refractivity contribution in [3.63, 3.8) is 0 Å². The van der Waals surface area contributed by atoms with Crippen molar-refractivity contribution in [1.29, 1.82) is 0 Å². The number of aromatic nitrogens is 3. The smallest absolute Gasteiger partial charge is 0.261 e. The second-order valence-corrected chi connectivity index (χ2v) is 12.3. The SMILES string of the molecule is O=C1c2ccc(Nc3cc(N[C@H](CO)c4ccccc4)c(-c4nc(C56CCN(CC5)CC6)no4)cn3)cc2C2CC=CCN12. The van der Waals surface area contributed by atoms with E-state index >= 15 is 0 Å². The summed E-state index contributed by atoms with van der Waals surface area (Å²) in [6, 6.07) is 17.4. The van der Waals surface area contributed by atoms with Crippen LogP contribution in [0.15, 0.2) is 77.5 Å². The van der Waals surface area contributed by atoms with Crippen LogP contribution in [-0.2, 0) is 5.41 Å². The number of rotatable bonds is 8. The Labute approximate surface area is 255 Å². The molecule has 2 bridgehead atoms. The van der Waals surface area contributed by atoms with Gasteiger partial charge in [-0.3, -0.25) is 4.79 Å². The summed E-state index contributed by atoms with van der Waals surface area (Å²) in [5, 5.41) is 21.8. The highest BCUT2D eigenvalue weighted by atomic mass is 16.5. The summed E-state index contributed by atoms with van der Waals surface area (Å²) < 4.78 is 5.90. The van der Waals surface area contributed by atoms with Crippen LogP contribution in [0.1, 0.15) is 65.1 Å². The summed E-state index contributed by atoms with van der Waals surface area (Å²) in [5.41, 5.74) is 4.97. The summed E-state index contributed by atoms with van der Waals surface area (Å²) in [6.45, 7) is 3.75. The Bertz CT molecular complexity index is 1710. The number of fused-ring (bicyclic) bond motifs is 6. The van der Waals surface area contributed by atoms with Crippen molar-refractivity contribution in [3.8, 4) is 11.5 Å². The third-order valence-corrected chi connectivity index (χ3v) is 9.85. The van der Waals surface area contributed by atoms with Crippen molar-refractivity contribution < 1.29 is 14.4 Å². The highest BCUT2D eigenvalue weighted by Gasteiger charge is 2.44. The van der Waals surface area contributed by atoms with Gasteiger partial charge in [0.2, 0.25) is 0 Å². The van der Waals surface area contributed by atoms with Gasteiger partial charge in [0, 0.05) is 35.5 Å². The minimum absolute atomic E-state index is 0.0324. The summed E-state index contributed by atoms with van der Waals surface area (Å²) in [4.78, 5) is 27.0. The molecule has 10 heteroatoms. The molecule has 0 aliphatic carbocycles. The van der Waals surface area contributed by atoms with Gasteiger partial charge in [0.05, 0.1) is 29.9 Å². The fourth-order valence-electron chi connectivity index (χ4n) is 7.23. The molecule has 3 fully saturated rings. The summed E-state index contributed by atoms with van der Waals surface area (Å²) in [5.74, 6) is 1.89. The molecule has 2 atom stereocenters. The maximum absolute atomic E-state index is 12.9. The molecule has 224 valence electrons. The average Bonchev–Trinajstić information content (AvgIpc) is 3.69. The van der Waals surface area contributed by atoms with Crippen LogP contribution in [0.5, 0.6) is 0 Å². The average molecular weight is 590 g/mol. The molecule has 0 radical (unpaired) electrons. The standard InChI is InChI=1S/C34H35N7O3/c42-21-28(22-6-2-1-3-7-22)37-27-19-30(36-23-9-10-24-25(18-23)29-8-4-5-14-41(29)32(24)43)35-20-26(27)31-38-33(39-44-31)34-11-15-40(16-12-34)17-13-34/h1-7,9-10,18-20,28-29,42H,8,11-17,21H2,(H2,35,36,37)/t28-,29?/m1/s1. The zero-order valence-corrected chi connectivity index (χ0v) is 24.4. The van der Waals surface area contributed by atoms with Gasteiger partial charge in [-0.25, -0.2) is 4.98 Å². The molecule has 0 spiro atoms. The molecule has 4 aromatic rings. The lowest BCUT2D eigenvalue weighted by Crippen LogP contribution is -2.51. The molecule has 1 unspecified atom stereocenters. The zero-order chi connectivity index (χ0) is 29.7. The van der Waals surface area contributed by atoms with Crippen LogP contribution in [-0.4, -0.2) is 68.7 Å². The molecule has 3 N–H and O–H groups in total. The summed E-state index contributed by atoms with van der Waals surface area (Å²) >= 11 is 0. The van der Waals surface area contributed by atoms with Crippen LogP contribution in [0.2, 0.25) is 0 Å². The van der Waals surface area contributed by atoms with E-state index in [-0.39, 0.29) is 30.0 Å². The number of carbonyl (C=O) groups excluding carboxylic acids is 1. The first-order chi connectivity index (χ1) is 21.6. The molecule has 1 amide bonds. The van der Waals surface area contributed by atoms with E-state index in [0.717, 1.165) is 79.2 Å². The Morgan fingerprint density at radius 3 is 2.64 bits per heavy atom. The lowest BCUT2D eigenvalue weighted by atomic mass is 9.71. The van der Waals surface area contributed by atoms with Gasteiger partial charge in [-0.15, -0.1) is 0 Å². The minimum atomic E-state index is -0.356. The number of carbonyl (C=O) groups is 1. The van der Waals surface area contributed by atoms with E-state index in [1.54, 1.807) is 6.20 Å². The van der Waals surface area contributed by atoms with E-state index in [0.29, 0.717) is 23.8 Å². The number of aliphatic hydroxyl groups is 1. The van der Waals surface area contributed by atoms with Gasteiger partial charge in [0.1, 0.15) is 5.82 Å². The summed E-state index contributed by atoms with van der Waals surface area (Å²) in [6.07, 6.45) is 9.88.